The Balaban J connectivity index is 1.72. The number of nitro groups is 1. The number of aromatic nitrogens is 1. The molecule has 1 fully saturated rings. The Bertz CT molecular complexity index is 825. The Morgan fingerprint density at radius 2 is 1.92 bits per heavy atom. The van der Waals surface area contributed by atoms with E-state index in [1.54, 1.807) is 30.5 Å². The highest BCUT2D eigenvalue weighted by molar-refractivity contribution is 5.60. The van der Waals surface area contributed by atoms with Gasteiger partial charge < -0.3 is 14.5 Å². The van der Waals surface area contributed by atoms with Crippen molar-refractivity contribution in [3.63, 3.8) is 0 Å². The van der Waals surface area contributed by atoms with E-state index in [1.807, 2.05) is 0 Å². The van der Waals surface area contributed by atoms with Crippen LogP contribution in [0.5, 0.6) is 5.75 Å². The molecule has 8 nitrogen and oxygen atoms in total. The van der Waals surface area contributed by atoms with Crippen LogP contribution in [0.25, 0.3) is 0 Å². The quantitative estimate of drug-likeness (QED) is 0.622. The minimum Gasteiger partial charge on any atom is -0.490 e. The number of rotatable bonds is 4. The second kappa shape index (κ2) is 7.05. The second-order valence-electron chi connectivity index (χ2n) is 5.60. The molecule has 0 atom stereocenters. The molecule has 25 heavy (non-hydrogen) atoms. The second-order valence-corrected chi connectivity index (χ2v) is 5.60. The molecule has 8 heteroatoms. The fraction of sp³-hybridized carbons (Fsp3) is 0.294. The van der Waals surface area contributed by atoms with Crippen LogP contribution in [0.3, 0.4) is 0 Å². The number of nitrogens with zero attached hydrogens (tertiary/aromatic N) is 5. The van der Waals surface area contributed by atoms with Crippen molar-refractivity contribution < 1.29 is 9.66 Å². The molecule has 128 valence electrons. The fourth-order valence-corrected chi connectivity index (χ4v) is 2.87. The number of hydrogen-bond acceptors (Lipinski definition) is 7. The summed E-state index contributed by atoms with van der Waals surface area (Å²) < 4.78 is 5.13. The van der Waals surface area contributed by atoms with E-state index in [0.717, 1.165) is 37.7 Å². The summed E-state index contributed by atoms with van der Waals surface area (Å²) in [5, 5.41) is 20.0. The van der Waals surface area contributed by atoms with Crippen molar-refractivity contribution in [1.29, 1.82) is 5.26 Å². The molecule has 0 amide bonds. The zero-order valence-electron chi connectivity index (χ0n) is 13.8. The van der Waals surface area contributed by atoms with Crippen molar-refractivity contribution in [2.75, 3.05) is 43.1 Å². The third kappa shape index (κ3) is 3.45. The third-order valence-corrected chi connectivity index (χ3v) is 4.20. The molecule has 0 saturated carbocycles. The van der Waals surface area contributed by atoms with Gasteiger partial charge in [-0.25, -0.2) is 4.98 Å². The number of hydrogen-bond donors (Lipinski definition) is 0. The Morgan fingerprint density at radius 3 is 2.56 bits per heavy atom. The minimum absolute atomic E-state index is 0.0394. The lowest BCUT2D eigenvalue weighted by Gasteiger charge is -2.36. The monoisotopic (exact) mass is 339 g/mol. The summed E-state index contributed by atoms with van der Waals surface area (Å²) >= 11 is 0. The topological polar surface area (TPSA) is 95.5 Å². The van der Waals surface area contributed by atoms with Crippen molar-refractivity contribution >= 4 is 17.2 Å². The fourth-order valence-electron chi connectivity index (χ4n) is 2.87. The molecular weight excluding hydrogens is 322 g/mol. The molecule has 0 N–H and O–H groups in total. The van der Waals surface area contributed by atoms with Gasteiger partial charge in [0.25, 0.3) is 0 Å². The number of anilines is 2. The zero-order valence-corrected chi connectivity index (χ0v) is 13.8. The molecule has 2 heterocycles. The summed E-state index contributed by atoms with van der Waals surface area (Å²) in [4.78, 5) is 19.1. The van der Waals surface area contributed by atoms with E-state index in [-0.39, 0.29) is 11.4 Å². The van der Waals surface area contributed by atoms with Crippen LogP contribution in [-0.2, 0) is 0 Å². The Hall–Kier alpha value is -3.34. The molecule has 0 aliphatic carbocycles. The van der Waals surface area contributed by atoms with Crippen LogP contribution >= 0.6 is 0 Å². The molecule has 1 aliphatic heterocycles. The van der Waals surface area contributed by atoms with Crippen molar-refractivity contribution in [1.82, 2.24) is 4.98 Å². The van der Waals surface area contributed by atoms with E-state index >= 15 is 0 Å². The standard InChI is InChI=1S/C17H17N5O3/c1-25-16-11-14(2-3-15(16)22(23)24)20-6-8-21(9-7-20)17-10-13(12-18)4-5-19-17/h2-5,10-11H,6-9H2,1H3. The van der Waals surface area contributed by atoms with Gasteiger partial charge in [-0.15, -0.1) is 0 Å². The average Bonchev–Trinajstić information content (AvgIpc) is 2.67. The molecule has 1 aromatic carbocycles. The van der Waals surface area contributed by atoms with Crippen molar-refractivity contribution in [2.24, 2.45) is 0 Å². The highest BCUT2D eigenvalue weighted by Gasteiger charge is 2.21. The summed E-state index contributed by atoms with van der Waals surface area (Å²) in [5.74, 6) is 1.05. The molecular formula is C17H17N5O3. The van der Waals surface area contributed by atoms with Crippen molar-refractivity contribution in [3.05, 3.63) is 52.2 Å². The molecule has 0 radical (unpaired) electrons. The van der Waals surface area contributed by atoms with Crippen LogP contribution in [-0.4, -0.2) is 43.2 Å². The minimum atomic E-state index is -0.450. The maximum atomic E-state index is 11.0. The van der Waals surface area contributed by atoms with Crippen LogP contribution in [0.2, 0.25) is 0 Å². The van der Waals surface area contributed by atoms with Gasteiger partial charge in [0.15, 0.2) is 5.75 Å². The highest BCUT2D eigenvalue weighted by Crippen LogP contribution is 2.32. The summed E-state index contributed by atoms with van der Waals surface area (Å²) in [6.07, 6.45) is 1.64. The van der Waals surface area contributed by atoms with Crippen LogP contribution in [0.4, 0.5) is 17.2 Å². The average molecular weight is 339 g/mol. The van der Waals surface area contributed by atoms with E-state index in [2.05, 4.69) is 20.9 Å². The Kier molecular flexibility index (Phi) is 4.66. The maximum Gasteiger partial charge on any atom is 0.311 e. The molecule has 1 aliphatic rings. The van der Waals surface area contributed by atoms with E-state index in [4.69, 9.17) is 10.00 Å². The summed E-state index contributed by atoms with van der Waals surface area (Å²) in [5.41, 5.74) is 1.44. The summed E-state index contributed by atoms with van der Waals surface area (Å²) in [6, 6.07) is 10.5. The first-order chi connectivity index (χ1) is 12.1. The van der Waals surface area contributed by atoms with Crippen LogP contribution < -0.4 is 14.5 Å². The van der Waals surface area contributed by atoms with Gasteiger partial charge in [-0.3, -0.25) is 10.1 Å². The number of pyridine rings is 1. The Morgan fingerprint density at radius 1 is 1.20 bits per heavy atom. The van der Waals surface area contributed by atoms with Gasteiger partial charge in [0.1, 0.15) is 5.82 Å². The Labute approximate surface area is 145 Å². The predicted octanol–water partition coefficient (Wildman–Crippen LogP) is 2.20. The molecule has 0 unspecified atom stereocenters. The number of nitro benzene ring substituents is 1. The molecule has 3 rings (SSSR count). The van der Waals surface area contributed by atoms with Gasteiger partial charge >= 0.3 is 5.69 Å². The molecule has 0 spiro atoms. The first-order valence-electron chi connectivity index (χ1n) is 7.81. The normalized spacial score (nSPS) is 14.1. The molecule has 2 aromatic rings. The van der Waals surface area contributed by atoms with Crippen molar-refractivity contribution in [3.8, 4) is 11.8 Å². The zero-order chi connectivity index (χ0) is 17.8. The van der Waals surface area contributed by atoms with Gasteiger partial charge in [0.2, 0.25) is 0 Å². The van der Waals surface area contributed by atoms with Crippen LogP contribution in [0.1, 0.15) is 5.56 Å². The number of benzene rings is 1. The SMILES string of the molecule is COc1cc(N2CCN(c3cc(C#N)ccn3)CC2)ccc1[N+](=O)[O-]. The number of nitriles is 1. The molecule has 1 saturated heterocycles. The van der Waals surface area contributed by atoms with Crippen LogP contribution in [0, 0.1) is 21.4 Å². The van der Waals surface area contributed by atoms with Gasteiger partial charge in [-0.1, -0.05) is 0 Å². The lowest BCUT2D eigenvalue weighted by molar-refractivity contribution is -0.385. The van der Waals surface area contributed by atoms with E-state index in [0.29, 0.717) is 5.56 Å². The van der Waals surface area contributed by atoms with E-state index in [1.165, 1.54) is 13.2 Å². The van der Waals surface area contributed by atoms with Crippen LogP contribution in [0.15, 0.2) is 36.5 Å². The molecule has 1 aromatic heterocycles. The van der Waals surface area contributed by atoms with E-state index < -0.39 is 4.92 Å². The third-order valence-electron chi connectivity index (χ3n) is 4.20. The summed E-state index contributed by atoms with van der Waals surface area (Å²) in [6.45, 7) is 3.00. The van der Waals surface area contributed by atoms with Gasteiger partial charge in [-0.2, -0.15) is 5.26 Å². The lowest BCUT2D eigenvalue weighted by atomic mass is 10.2. The predicted molar refractivity (Wildman–Crippen MR) is 93.0 cm³/mol. The first kappa shape index (κ1) is 16.5. The number of methoxy groups -OCH3 is 1. The summed E-state index contributed by atoms with van der Waals surface area (Å²) in [7, 11) is 1.43. The van der Waals surface area contributed by atoms with Gasteiger partial charge in [0.05, 0.1) is 23.7 Å². The highest BCUT2D eigenvalue weighted by atomic mass is 16.6. The number of ether oxygens (including phenoxy) is 1. The largest absolute Gasteiger partial charge is 0.490 e. The van der Waals surface area contributed by atoms with Gasteiger partial charge in [0, 0.05) is 50.2 Å². The molecule has 0 bridgehead atoms. The lowest BCUT2D eigenvalue weighted by Crippen LogP contribution is -2.46. The van der Waals surface area contributed by atoms with Gasteiger partial charge in [-0.05, 0) is 18.2 Å². The first-order valence-corrected chi connectivity index (χ1v) is 7.81. The van der Waals surface area contributed by atoms with E-state index in [9.17, 15) is 10.1 Å². The van der Waals surface area contributed by atoms with Crippen molar-refractivity contribution in [2.45, 2.75) is 0 Å². The maximum absolute atomic E-state index is 11.0. The number of piperazine rings is 1. The smallest absolute Gasteiger partial charge is 0.311 e.